The summed E-state index contributed by atoms with van der Waals surface area (Å²) in [6.07, 6.45) is 0. The van der Waals surface area contributed by atoms with Gasteiger partial charge < -0.3 is 4.90 Å². The third-order valence-corrected chi connectivity index (χ3v) is 6.86. The fourth-order valence-electron chi connectivity index (χ4n) is 2.94. The van der Waals surface area contributed by atoms with E-state index in [1.165, 1.54) is 33.1 Å². The summed E-state index contributed by atoms with van der Waals surface area (Å²) in [6, 6.07) is 12.6. The summed E-state index contributed by atoms with van der Waals surface area (Å²) >= 11 is 8.40. The monoisotopic (exact) mass is 358 g/mol. The summed E-state index contributed by atoms with van der Waals surface area (Å²) in [5.74, 6) is 0.0222. The minimum Gasteiger partial charge on any atom is -0.337 e. The first-order valence-corrected chi connectivity index (χ1v) is 9.37. The standard InChI is InChI=1S/C17H14N2OS3/c1-3-19-15(20)14(23-17(19)21)16-18(2)13-11-7-5-4-6-10(11)8-9-12(13)22-16/h4-9H,3H2,1-2H3/b16-14+. The van der Waals surface area contributed by atoms with E-state index in [2.05, 4.69) is 35.2 Å². The van der Waals surface area contributed by atoms with E-state index in [4.69, 9.17) is 12.2 Å². The maximum atomic E-state index is 12.6. The number of benzene rings is 2. The molecule has 2 aliphatic rings. The topological polar surface area (TPSA) is 23.6 Å². The summed E-state index contributed by atoms with van der Waals surface area (Å²) < 4.78 is 0.648. The minimum absolute atomic E-state index is 0.0222. The summed E-state index contributed by atoms with van der Waals surface area (Å²) in [6.45, 7) is 2.57. The van der Waals surface area contributed by atoms with Gasteiger partial charge in [-0.15, -0.1) is 0 Å². The Hall–Kier alpha value is -1.50. The van der Waals surface area contributed by atoms with Crippen molar-refractivity contribution in [3.8, 4) is 0 Å². The summed E-state index contributed by atoms with van der Waals surface area (Å²) in [5.41, 5.74) is 1.17. The molecule has 2 aliphatic heterocycles. The second-order valence-corrected chi connectivity index (χ2v) is 8.02. The second kappa shape index (κ2) is 5.54. The van der Waals surface area contributed by atoms with Gasteiger partial charge in [-0.05, 0) is 18.4 Å². The van der Waals surface area contributed by atoms with Gasteiger partial charge in [-0.3, -0.25) is 9.69 Å². The van der Waals surface area contributed by atoms with Crippen LogP contribution in [0.4, 0.5) is 5.69 Å². The van der Waals surface area contributed by atoms with Crippen molar-refractivity contribution in [2.24, 2.45) is 0 Å². The number of likely N-dealkylation sites (N-methyl/N-ethyl adjacent to an activating group) is 1. The van der Waals surface area contributed by atoms with Crippen LogP contribution in [0.2, 0.25) is 0 Å². The van der Waals surface area contributed by atoms with Crippen molar-refractivity contribution in [2.45, 2.75) is 11.8 Å². The predicted octanol–water partition coefficient (Wildman–Crippen LogP) is 4.43. The molecule has 1 amide bonds. The number of nitrogens with zero attached hydrogens (tertiary/aromatic N) is 2. The number of hydrogen-bond acceptors (Lipinski definition) is 5. The van der Waals surface area contributed by atoms with E-state index in [0.29, 0.717) is 10.9 Å². The molecule has 0 N–H and O–H groups in total. The van der Waals surface area contributed by atoms with Gasteiger partial charge in [0.1, 0.15) is 9.23 Å². The number of thioether (sulfide) groups is 2. The fourth-order valence-corrected chi connectivity index (χ4v) is 5.66. The average molecular weight is 359 g/mol. The molecule has 0 saturated carbocycles. The Labute approximate surface area is 148 Å². The largest absolute Gasteiger partial charge is 0.337 e. The van der Waals surface area contributed by atoms with E-state index in [1.807, 2.05) is 20.0 Å². The van der Waals surface area contributed by atoms with Gasteiger partial charge in [0.05, 0.1) is 10.7 Å². The highest BCUT2D eigenvalue weighted by molar-refractivity contribution is 8.27. The molecule has 0 bridgehead atoms. The van der Waals surface area contributed by atoms with Gasteiger partial charge in [0, 0.05) is 23.9 Å². The molecule has 4 rings (SSSR count). The molecule has 6 heteroatoms. The van der Waals surface area contributed by atoms with E-state index in [-0.39, 0.29) is 5.91 Å². The molecule has 2 aromatic carbocycles. The highest BCUT2D eigenvalue weighted by atomic mass is 32.2. The van der Waals surface area contributed by atoms with Crippen LogP contribution in [0.5, 0.6) is 0 Å². The van der Waals surface area contributed by atoms with E-state index < -0.39 is 0 Å². The number of amides is 1. The second-order valence-electron chi connectivity index (χ2n) is 5.35. The zero-order valence-corrected chi connectivity index (χ0v) is 15.1. The lowest BCUT2D eigenvalue weighted by Crippen LogP contribution is -2.28. The van der Waals surface area contributed by atoms with Crippen LogP contribution in [0.3, 0.4) is 0 Å². The van der Waals surface area contributed by atoms with Crippen LogP contribution in [-0.4, -0.2) is 28.7 Å². The Bertz CT molecular complexity index is 891. The van der Waals surface area contributed by atoms with Crippen LogP contribution in [0.1, 0.15) is 6.92 Å². The summed E-state index contributed by atoms with van der Waals surface area (Å²) in [4.78, 5) is 18.3. The van der Waals surface area contributed by atoms with E-state index in [9.17, 15) is 4.79 Å². The van der Waals surface area contributed by atoms with E-state index >= 15 is 0 Å². The van der Waals surface area contributed by atoms with Gasteiger partial charge in [-0.1, -0.05) is 66.1 Å². The number of hydrogen-bond donors (Lipinski definition) is 0. The number of carbonyl (C=O) groups is 1. The van der Waals surface area contributed by atoms with Gasteiger partial charge >= 0.3 is 0 Å². The summed E-state index contributed by atoms with van der Waals surface area (Å²) in [5, 5.41) is 3.40. The molecule has 2 heterocycles. The Balaban J connectivity index is 1.86. The third-order valence-electron chi connectivity index (χ3n) is 4.07. The SMILES string of the molecule is CCN1C(=O)/C(=C2\Sc3ccc4ccccc4c3N2C)SC1=S. The van der Waals surface area contributed by atoms with Crippen LogP contribution in [0.25, 0.3) is 10.8 Å². The Morgan fingerprint density at radius 2 is 1.91 bits per heavy atom. The van der Waals surface area contributed by atoms with Crippen LogP contribution in [-0.2, 0) is 4.79 Å². The number of thiocarbonyl (C=S) groups is 1. The fraction of sp³-hybridized carbons (Fsp3) is 0.176. The molecule has 0 aromatic heterocycles. The molecule has 0 unspecified atom stereocenters. The van der Waals surface area contributed by atoms with Crippen LogP contribution in [0, 0.1) is 0 Å². The number of anilines is 1. The smallest absolute Gasteiger partial charge is 0.268 e. The van der Waals surface area contributed by atoms with Gasteiger partial charge in [0.15, 0.2) is 0 Å². The first-order chi connectivity index (χ1) is 11.1. The quantitative estimate of drug-likeness (QED) is 0.554. The molecule has 3 nitrogen and oxygen atoms in total. The van der Waals surface area contributed by atoms with Crippen molar-refractivity contribution in [1.82, 2.24) is 4.90 Å². The minimum atomic E-state index is 0.0222. The zero-order valence-electron chi connectivity index (χ0n) is 12.7. The van der Waals surface area contributed by atoms with Crippen LogP contribution < -0.4 is 4.90 Å². The molecule has 0 radical (unpaired) electrons. The third kappa shape index (κ3) is 2.20. The van der Waals surface area contributed by atoms with Crippen molar-refractivity contribution in [3.05, 3.63) is 46.3 Å². The van der Waals surface area contributed by atoms with Crippen LogP contribution in [0.15, 0.2) is 51.2 Å². The number of rotatable bonds is 1. The van der Waals surface area contributed by atoms with Crippen molar-refractivity contribution in [2.75, 3.05) is 18.5 Å². The normalized spacial score (nSPS) is 20.8. The van der Waals surface area contributed by atoms with E-state index in [1.54, 1.807) is 16.7 Å². The van der Waals surface area contributed by atoms with Crippen molar-refractivity contribution < 1.29 is 4.79 Å². The van der Waals surface area contributed by atoms with Crippen molar-refractivity contribution >= 4 is 62.4 Å². The van der Waals surface area contributed by atoms with E-state index in [0.717, 1.165) is 9.93 Å². The maximum Gasteiger partial charge on any atom is 0.268 e. The molecular formula is C17H14N2OS3. The Kier molecular flexibility index (Phi) is 3.63. The maximum absolute atomic E-state index is 12.6. The molecular weight excluding hydrogens is 344 g/mol. The molecule has 116 valence electrons. The molecule has 1 fully saturated rings. The van der Waals surface area contributed by atoms with Gasteiger partial charge in [-0.2, -0.15) is 0 Å². The molecule has 0 spiro atoms. The number of carbonyl (C=O) groups excluding carboxylic acids is 1. The molecule has 0 atom stereocenters. The lowest BCUT2D eigenvalue weighted by atomic mass is 10.1. The van der Waals surface area contributed by atoms with Crippen LogP contribution >= 0.6 is 35.7 Å². The van der Waals surface area contributed by atoms with Crippen molar-refractivity contribution in [3.63, 3.8) is 0 Å². The zero-order chi connectivity index (χ0) is 16.1. The Morgan fingerprint density at radius 3 is 2.65 bits per heavy atom. The summed E-state index contributed by atoms with van der Waals surface area (Å²) in [7, 11) is 2.03. The highest BCUT2D eigenvalue weighted by Gasteiger charge is 2.37. The lowest BCUT2D eigenvalue weighted by Gasteiger charge is -2.17. The number of fused-ring (bicyclic) bond motifs is 3. The molecule has 23 heavy (non-hydrogen) atoms. The van der Waals surface area contributed by atoms with Gasteiger partial charge in [0.25, 0.3) is 5.91 Å². The molecule has 2 aromatic rings. The first kappa shape index (κ1) is 15.1. The highest BCUT2D eigenvalue weighted by Crippen LogP contribution is 2.52. The predicted molar refractivity (Wildman–Crippen MR) is 103 cm³/mol. The lowest BCUT2D eigenvalue weighted by molar-refractivity contribution is -0.122. The Morgan fingerprint density at radius 1 is 1.13 bits per heavy atom. The first-order valence-electron chi connectivity index (χ1n) is 7.33. The van der Waals surface area contributed by atoms with Gasteiger partial charge in [0.2, 0.25) is 0 Å². The van der Waals surface area contributed by atoms with Crippen molar-refractivity contribution in [1.29, 1.82) is 0 Å². The molecule has 0 aliphatic carbocycles. The average Bonchev–Trinajstić information content (AvgIpc) is 3.04. The molecule has 1 saturated heterocycles. The van der Waals surface area contributed by atoms with Gasteiger partial charge in [-0.25, -0.2) is 0 Å².